The van der Waals surface area contributed by atoms with Gasteiger partial charge in [0, 0.05) is 0 Å². The summed E-state index contributed by atoms with van der Waals surface area (Å²) in [6.07, 6.45) is 9.45. The molecule has 4 nitrogen and oxygen atoms in total. The van der Waals surface area contributed by atoms with E-state index >= 15 is 0 Å². The van der Waals surface area contributed by atoms with E-state index in [9.17, 15) is 4.79 Å². The van der Waals surface area contributed by atoms with Crippen LogP contribution >= 0.6 is 0 Å². The fraction of sp³-hybridized carbons (Fsp3) is 0.969. The molecule has 0 aromatic heterocycles. The summed E-state index contributed by atoms with van der Waals surface area (Å²) in [4.78, 5) is 15.7. The summed E-state index contributed by atoms with van der Waals surface area (Å²) in [5.74, 6) is 0. The van der Waals surface area contributed by atoms with Gasteiger partial charge in [0.05, 0.1) is 0 Å². The number of hydrogen-bond donors (Lipinski definition) is 0. The number of carbonyl (C=O) groups excluding carboxylic acids is 1. The van der Waals surface area contributed by atoms with E-state index in [2.05, 4.69) is 96.2 Å². The van der Waals surface area contributed by atoms with Gasteiger partial charge >= 0.3 is 246 Å². The van der Waals surface area contributed by atoms with Crippen molar-refractivity contribution in [2.24, 2.45) is 5.41 Å². The van der Waals surface area contributed by atoms with Gasteiger partial charge in [0.15, 0.2) is 0 Å². The molecule has 6 heteroatoms. The molecule has 38 heavy (non-hydrogen) atoms. The van der Waals surface area contributed by atoms with E-state index in [4.69, 9.17) is 9.16 Å². The third kappa shape index (κ3) is 12.8. The van der Waals surface area contributed by atoms with Gasteiger partial charge in [-0.2, -0.15) is 0 Å². The number of carbonyl (C=O) groups is 1. The molecule has 0 aromatic carbocycles. The van der Waals surface area contributed by atoms with Crippen LogP contribution in [0.5, 0.6) is 0 Å². The van der Waals surface area contributed by atoms with Crippen LogP contribution < -0.4 is 0 Å². The summed E-state index contributed by atoms with van der Waals surface area (Å²) in [5, 5.41) is 0.221. The Bertz CT molecular complexity index is 628. The minimum atomic E-state index is -2.87. The van der Waals surface area contributed by atoms with Crippen molar-refractivity contribution in [2.45, 2.75) is 182 Å². The summed E-state index contributed by atoms with van der Waals surface area (Å²) in [5.41, 5.74) is 0.0701. The molecule has 1 atom stereocenters. The van der Waals surface area contributed by atoms with Crippen molar-refractivity contribution in [1.82, 2.24) is 4.90 Å². The molecule has 0 N–H and O–H groups in total. The first kappa shape index (κ1) is 38.2. The predicted molar refractivity (Wildman–Crippen MR) is 173 cm³/mol. The van der Waals surface area contributed by atoms with E-state index in [-0.39, 0.29) is 32.8 Å². The Hall–Kier alpha value is 0.246. The average Bonchev–Trinajstić information content (AvgIpc) is 2.76. The van der Waals surface area contributed by atoms with Crippen molar-refractivity contribution < 1.29 is 14.0 Å². The fourth-order valence-corrected chi connectivity index (χ4v) is 24.2. The zero-order valence-corrected chi connectivity index (χ0v) is 32.2. The maximum atomic E-state index is 13.8. The quantitative estimate of drug-likeness (QED) is 0.129. The van der Waals surface area contributed by atoms with Crippen LogP contribution in [-0.2, 0) is 9.16 Å². The predicted octanol–water partition coefficient (Wildman–Crippen LogP) is 10.8. The zero-order valence-electron chi connectivity index (χ0n) is 28.4. The summed E-state index contributed by atoms with van der Waals surface area (Å²) in [6, 6.07) is 0.279. The van der Waals surface area contributed by atoms with Crippen molar-refractivity contribution in [3.05, 3.63) is 0 Å². The Morgan fingerprint density at radius 3 is 1.58 bits per heavy atom. The van der Waals surface area contributed by atoms with Gasteiger partial charge in [-0.05, 0) is 0 Å². The normalized spacial score (nSPS) is 14.3. The number of ether oxygens (including phenoxy) is 1. The van der Waals surface area contributed by atoms with E-state index in [0.29, 0.717) is 0 Å². The summed E-state index contributed by atoms with van der Waals surface area (Å²) >= 11 is -2.87. The summed E-state index contributed by atoms with van der Waals surface area (Å²) in [6.45, 7) is 32.6. The fourth-order valence-electron chi connectivity index (χ4n) is 5.43. The van der Waals surface area contributed by atoms with Crippen molar-refractivity contribution in [2.75, 3.05) is 6.61 Å². The topological polar surface area (TPSA) is 38.8 Å². The maximum absolute atomic E-state index is 13.8. The molecule has 0 radical (unpaired) electrons. The summed E-state index contributed by atoms with van der Waals surface area (Å²) in [7, 11) is -1.78. The second kappa shape index (κ2) is 17.3. The second-order valence-electron chi connectivity index (χ2n) is 14.9. The molecule has 0 fully saturated rings. The third-order valence-electron chi connectivity index (χ3n) is 9.12. The van der Waals surface area contributed by atoms with Gasteiger partial charge < -0.3 is 0 Å². The molecule has 0 saturated heterocycles. The van der Waals surface area contributed by atoms with Crippen LogP contribution in [-0.4, -0.2) is 60.5 Å². The van der Waals surface area contributed by atoms with Crippen LogP contribution in [0.4, 0.5) is 4.79 Å². The molecule has 0 spiro atoms. The Kier molecular flexibility index (Phi) is 17.4. The molecule has 0 unspecified atom stereocenters. The molecule has 0 rings (SSSR count). The van der Waals surface area contributed by atoms with Crippen molar-refractivity contribution in [3.63, 3.8) is 0 Å². The Balaban J connectivity index is 6.26. The monoisotopic (exact) mass is 663 g/mol. The first-order valence-corrected chi connectivity index (χ1v) is 26.6. The number of amides is 1. The molecular weight excluding hydrogens is 593 g/mol. The molecule has 0 aliphatic rings. The Labute approximate surface area is 244 Å². The summed E-state index contributed by atoms with van der Waals surface area (Å²) < 4.78 is 17.6. The van der Waals surface area contributed by atoms with Crippen molar-refractivity contribution in [1.29, 1.82) is 0 Å². The molecular formula is C32H69NO3SiSn. The van der Waals surface area contributed by atoms with E-state index in [1.54, 1.807) is 0 Å². The van der Waals surface area contributed by atoms with Crippen LogP contribution in [0.2, 0.25) is 31.4 Å². The molecule has 228 valence electrons. The number of rotatable bonds is 19. The minimum absolute atomic E-state index is 0.0701. The van der Waals surface area contributed by atoms with Gasteiger partial charge in [-0.3, -0.25) is 0 Å². The molecule has 0 aromatic rings. The average molecular weight is 663 g/mol. The Morgan fingerprint density at radius 1 is 0.816 bits per heavy atom. The molecule has 0 saturated carbocycles. The van der Waals surface area contributed by atoms with Gasteiger partial charge in [0.2, 0.25) is 0 Å². The van der Waals surface area contributed by atoms with Gasteiger partial charge in [0.1, 0.15) is 0 Å². The van der Waals surface area contributed by atoms with E-state index < -0.39 is 26.7 Å². The third-order valence-corrected chi connectivity index (χ3v) is 30.0. The van der Waals surface area contributed by atoms with Crippen LogP contribution in [0.3, 0.4) is 0 Å². The van der Waals surface area contributed by atoms with Gasteiger partial charge in [-0.25, -0.2) is 0 Å². The van der Waals surface area contributed by atoms with Crippen LogP contribution in [0.25, 0.3) is 0 Å². The molecule has 1 amide bonds. The van der Waals surface area contributed by atoms with E-state index in [0.717, 1.165) is 19.4 Å². The van der Waals surface area contributed by atoms with Crippen LogP contribution in [0.1, 0.15) is 134 Å². The molecule has 0 aliphatic carbocycles. The standard InChI is InChI=1S/C20H42NO3Si.3C4H9.Sn/c1-16(2)21(17(3)4)18(22)23-14-12-20(8,9)13-15-24-25(10,11)19(5,6)7;3*1-3-4-2;/h14,16-17H,12-13,15H2,1-11H3;3*1,3-4H2,2H3;. The van der Waals surface area contributed by atoms with Gasteiger partial charge in [-0.15, -0.1) is 0 Å². The first-order valence-electron chi connectivity index (χ1n) is 16.0. The second-order valence-corrected chi connectivity index (χ2v) is 33.6. The van der Waals surface area contributed by atoms with Gasteiger partial charge in [-0.1, -0.05) is 0 Å². The van der Waals surface area contributed by atoms with E-state index in [1.165, 1.54) is 51.8 Å². The number of nitrogens with zero attached hydrogens (tertiary/aromatic N) is 1. The van der Waals surface area contributed by atoms with Crippen LogP contribution in [0.15, 0.2) is 0 Å². The zero-order chi connectivity index (χ0) is 29.8. The Morgan fingerprint density at radius 2 is 1.24 bits per heavy atom. The first-order chi connectivity index (χ1) is 17.4. The number of unbranched alkanes of at least 4 members (excludes halogenated alkanes) is 3. The molecule has 0 aliphatic heterocycles. The SMILES string of the molecule is CCC[CH2][Sn]([CH2]CCC)([CH2]CCC)[C@@H](CC(C)(C)CCO[Si](C)(C)C(C)(C)C)OC(=O)N(C(C)C)C(C)C. The molecule has 0 bridgehead atoms. The molecule has 0 heterocycles. The van der Waals surface area contributed by atoms with E-state index in [1.807, 2.05) is 4.90 Å². The number of hydrogen-bond acceptors (Lipinski definition) is 3. The van der Waals surface area contributed by atoms with Gasteiger partial charge in [0.25, 0.3) is 0 Å². The van der Waals surface area contributed by atoms with Crippen molar-refractivity contribution >= 4 is 32.8 Å². The van der Waals surface area contributed by atoms with Crippen molar-refractivity contribution in [3.8, 4) is 0 Å². The van der Waals surface area contributed by atoms with Crippen LogP contribution in [0, 0.1) is 5.41 Å².